The standard InChI is InChI=1S/C15H21NO3.C2H6/c1-11(2)12-4-5-14(13(10-12)15(17)18-3)16-6-8-19-9-7-16;1-2/h4-5,10-11H,6-9H2,1-3H3;1-2H3. The van der Waals surface area contributed by atoms with Gasteiger partial charge in [-0.05, 0) is 23.6 Å². The van der Waals surface area contributed by atoms with Crippen molar-refractivity contribution in [2.75, 3.05) is 38.3 Å². The van der Waals surface area contributed by atoms with Crippen LogP contribution >= 0.6 is 0 Å². The van der Waals surface area contributed by atoms with E-state index in [1.807, 2.05) is 26.0 Å². The summed E-state index contributed by atoms with van der Waals surface area (Å²) in [6, 6.07) is 6.05. The maximum absolute atomic E-state index is 12.0. The molecule has 2 rings (SSSR count). The Balaban J connectivity index is 0.00000106. The predicted octanol–water partition coefficient (Wildman–Crippen LogP) is 3.46. The molecule has 118 valence electrons. The summed E-state index contributed by atoms with van der Waals surface area (Å²) >= 11 is 0. The molecule has 4 nitrogen and oxygen atoms in total. The Hall–Kier alpha value is -1.55. The van der Waals surface area contributed by atoms with Crippen molar-refractivity contribution in [2.45, 2.75) is 33.6 Å². The number of benzene rings is 1. The summed E-state index contributed by atoms with van der Waals surface area (Å²) in [5.74, 6) is 0.117. The van der Waals surface area contributed by atoms with Crippen LogP contribution in [0.4, 0.5) is 5.69 Å². The quantitative estimate of drug-likeness (QED) is 0.800. The monoisotopic (exact) mass is 293 g/mol. The lowest BCUT2D eigenvalue weighted by atomic mass is 9.99. The van der Waals surface area contributed by atoms with Crippen molar-refractivity contribution in [3.8, 4) is 0 Å². The molecule has 1 aromatic rings. The molecular weight excluding hydrogens is 266 g/mol. The zero-order valence-electron chi connectivity index (χ0n) is 13.8. The number of esters is 1. The maximum Gasteiger partial charge on any atom is 0.339 e. The number of nitrogens with zero attached hydrogens (tertiary/aromatic N) is 1. The number of methoxy groups -OCH3 is 1. The van der Waals surface area contributed by atoms with E-state index >= 15 is 0 Å². The zero-order chi connectivity index (χ0) is 15.8. The largest absolute Gasteiger partial charge is 0.465 e. The van der Waals surface area contributed by atoms with E-state index in [0.717, 1.165) is 24.3 Å². The van der Waals surface area contributed by atoms with E-state index in [0.29, 0.717) is 24.7 Å². The molecule has 0 unspecified atom stereocenters. The summed E-state index contributed by atoms with van der Waals surface area (Å²) in [4.78, 5) is 14.2. The average molecular weight is 293 g/mol. The molecule has 0 bridgehead atoms. The van der Waals surface area contributed by atoms with Gasteiger partial charge in [-0.1, -0.05) is 33.8 Å². The minimum Gasteiger partial charge on any atom is -0.465 e. The predicted molar refractivity (Wildman–Crippen MR) is 86.3 cm³/mol. The van der Waals surface area contributed by atoms with Gasteiger partial charge in [-0.25, -0.2) is 4.79 Å². The molecule has 1 aromatic carbocycles. The number of rotatable bonds is 3. The highest BCUT2D eigenvalue weighted by Crippen LogP contribution is 2.26. The highest BCUT2D eigenvalue weighted by atomic mass is 16.5. The summed E-state index contributed by atoms with van der Waals surface area (Å²) in [5.41, 5.74) is 2.74. The second-order valence-corrected chi connectivity index (χ2v) is 5.02. The van der Waals surface area contributed by atoms with Gasteiger partial charge in [-0.3, -0.25) is 0 Å². The van der Waals surface area contributed by atoms with Crippen LogP contribution in [-0.2, 0) is 9.47 Å². The fraction of sp³-hybridized carbons (Fsp3) is 0.588. The van der Waals surface area contributed by atoms with Crippen LogP contribution in [0, 0.1) is 0 Å². The van der Waals surface area contributed by atoms with Gasteiger partial charge in [0.2, 0.25) is 0 Å². The molecule has 1 fully saturated rings. The molecule has 1 heterocycles. The molecule has 0 aromatic heterocycles. The Bertz CT molecular complexity index is 451. The van der Waals surface area contributed by atoms with Gasteiger partial charge in [-0.15, -0.1) is 0 Å². The fourth-order valence-electron chi connectivity index (χ4n) is 2.27. The van der Waals surface area contributed by atoms with Gasteiger partial charge in [-0.2, -0.15) is 0 Å². The number of hydrogen-bond donors (Lipinski definition) is 0. The van der Waals surface area contributed by atoms with Crippen molar-refractivity contribution in [1.29, 1.82) is 0 Å². The van der Waals surface area contributed by atoms with E-state index in [1.165, 1.54) is 7.11 Å². The Morgan fingerprint density at radius 2 is 1.86 bits per heavy atom. The second-order valence-electron chi connectivity index (χ2n) is 5.02. The maximum atomic E-state index is 12.0. The molecule has 0 N–H and O–H groups in total. The summed E-state index contributed by atoms with van der Waals surface area (Å²) in [6.45, 7) is 11.3. The number of morpholine rings is 1. The third-order valence-corrected chi connectivity index (χ3v) is 3.44. The first-order valence-corrected chi connectivity index (χ1v) is 7.68. The van der Waals surface area contributed by atoms with Crippen LogP contribution in [-0.4, -0.2) is 39.4 Å². The molecule has 1 saturated heterocycles. The lowest BCUT2D eigenvalue weighted by Crippen LogP contribution is -2.37. The van der Waals surface area contributed by atoms with Crippen molar-refractivity contribution in [2.24, 2.45) is 0 Å². The van der Waals surface area contributed by atoms with Crippen molar-refractivity contribution >= 4 is 11.7 Å². The topological polar surface area (TPSA) is 38.8 Å². The minimum absolute atomic E-state index is 0.274. The molecule has 0 atom stereocenters. The molecule has 0 saturated carbocycles. The van der Waals surface area contributed by atoms with Gasteiger partial charge in [0.1, 0.15) is 0 Å². The molecule has 1 aliphatic rings. The Kier molecular flexibility index (Phi) is 7.23. The van der Waals surface area contributed by atoms with Gasteiger partial charge < -0.3 is 14.4 Å². The molecule has 0 spiro atoms. The van der Waals surface area contributed by atoms with Crippen molar-refractivity contribution in [3.63, 3.8) is 0 Å². The highest BCUT2D eigenvalue weighted by molar-refractivity contribution is 5.96. The molecule has 1 aliphatic heterocycles. The molecule has 21 heavy (non-hydrogen) atoms. The van der Waals surface area contributed by atoms with Crippen LogP contribution in [0.5, 0.6) is 0 Å². The molecule has 0 radical (unpaired) electrons. The van der Waals surface area contributed by atoms with E-state index in [-0.39, 0.29) is 5.97 Å². The van der Waals surface area contributed by atoms with Crippen molar-refractivity contribution in [1.82, 2.24) is 0 Å². The first kappa shape index (κ1) is 17.5. The van der Waals surface area contributed by atoms with Gasteiger partial charge in [0.05, 0.1) is 31.6 Å². The number of carbonyl (C=O) groups excluding carboxylic acids is 1. The van der Waals surface area contributed by atoms with E-state index in [2.05, 4.69) is 24.8 Å². The SMILES string of the molecule is CC.COC(=O)c1cc(C(C)C)ccc1N1CCOCC1. The number of anilines is 1. The van der Waals surface area contributed by atoms with Crippen LogP contribution < -0.4 is 4.90 Å². The van der Waals surface area contributed by atoms with Crippen LogP contribution in [0.3, 0.4) is 0 Å². The summed E-state index contributed by atoms with van der Waals surface area (Å²) in [7, 11) is 1.42. The van der Waals surface area contributed by atoms with Gasteiger partial charge >= 0.3 is 5.97 Å². The van der Waals surface area contributed by atoms with E-state index < -0.39 is 0 Å². The van der Waals surface area contributed by atoms with Gasteiger partial charge in [0.15, 0.2) is 0 Å². The third-order valence-electron chi connectivity index (χ3n) is 3.44. The smallest absolute Gasteiger partial charge is 0.339 e. The molecule has 4 heteroatoms. The number of carbonyl (C=O) groups is 1. The van der Waals surface area contributed by atoms with Gasteiger partial charge in [0.25, 0.3) is 0 Å². The van der Waals surface area contributed by atoms with E-state index in [1.54, 1.807) is 0 Å². The summed E-state index contributed by atoms with van der Waals surface area (Å²) in [5, 5.41) is 0. The molecular formula is C17H27NO3. The Labute approximate surface area is 128 Å². The van der Waals surface area contributed by atoms with Crippen molar-refractivity contribution in [3.05, 3.63) is 29.3 Å². The van der Waals surface area contributed by atoms with Gasteiger partial charge in [0, 0.05) is 13.1 Å². The second kappa shape index (κ2) is 8.67. The fourth-order valence-corrected chi connectivity index (χ4v) is 2.27. The van der Waals surface area contributed by atoms with E-state index in [9.17, 15) is 4.79 Å². The van der Waals surface area contributed by atoms with Crippen LogP contribution in [0.2, 0.25) is 0 Å². The van der Waals surface area contributed by atoms with Crippen molar-refractivity contribution < 1.29 is 14.3 Å². The summed E-state index contributed by atoms with van der Waals surface area (Å²) in [6.07, 6.45) is 0. The van der Waals surface area contributed by atoms with Crippen LogP contribution in [0.25, 0.3) is 0 Å². The highest BCUT2D eigenvalue weighted by Gasteiger charge is 2.20. The molecule has 0 amide bonds. The normalized spacial score (nSPS) is 14.5. The lowest BCUT2D eigenvalue weighted by Gasteiger charge is -2.30. The summed E-state index contributed by atoms with van der Waals surface area (Å²) < 4.78 is 10.3. The minimum atomic E-state index is -0.274. The average Bonchev–Trinajstić information content (AvgIpc) is 2.56. The van der Waals surface area contributed by atoms with Crippen LogP contribution in [0.15, 0.2) is 18.2 Å². The number of ether oxygens (including phenoxy) is 2. The van der Waals surface area contributed by atoms with Crippen LogP contribution in [0.1, 0.15) is 49.5 Å². The first-order chi connectivity index (χ1) is 10.1. The lowest BCUT2D eigenvalue weighted by molar-refractivity contribution is 0.0600. The Morgan fingerprint density at radius 1 is 1.24 bits per heavy atom. The zero-order valence-corrected chi connectivity index (χ0v) is 13.8. The van der Waals surface area contributed by atoms with E-state index in [4.69, 9.17) is 9.47 Å². The third kappa shape index (κ3) is 4.46. The number of hydrogen-bond acceptors (Lipinski definition) is 4. The Morgan fingerprint density at radius 3 is 2.38 bits per heavy atom. The first-order valence-electron chi connectivity index (χ1n) is 7.68. The molecule has 0 aliphatic carbocycles.